The number of rotatable bonds is 4. The fraction of sp³-hybridized carbons (Fsp3) is 0.0667. The molecular weight excluding hydrogens is 290 g/mol. The highest BCUT2D eigenvalue weighted by Crippen LogP contribution is 2.17. The second kappa shape index (κ2) is 5.85. The van der Waals surface area contributed by atoms with E-state index in [1.54, 1.807) is 12.3 Å². The first-order chi connectivity index (χ1) is 10.2. The smallest absolute Gasteiger partial charge is 0.287 e. The molecule has 0 aliphatic carbocycles. The topological polar surface area (TPSA) is 70.9 Å². The molecule has 0 spiro atoms. The van der Waals surface area contributed by atoms with E-state index in [9.17, 15) is 4.79 Å². The van der Waals surface area contributed by atoms with Crippen molar-refractivity contribution in [1.82, 2.24) is 15.5 Å². The monoisotopic (exact) mass is 301 g/mol. The van der Waals surface area contributed by atoms with Crippen molar-refractivity contribution >= 4 is 17.5 Å². The third-order valence-corrected chi connectivity index (χ3v) is 3.22. The molecule has 2 heterocycles. The number of carbonyl (C=O) groups is 1. The van der Waals surface area contributed by atoms with Gasteiger partial charge in [-0.25, -0.2) is 0 Å². The van der Waals surface area contributed by atoms with Gasteiger partial charge in [-0.3, -0.25) is 9.89 Å². The fourth-order valence-electron chi connectivity index (χ4n) is 1.92. The Morgan fingerprint density at radius 2 is 2.00 bits per heavy atom. The van der Waals surface area contributed by atoms with Gasteiger partial charge in [-0.15, -0.1) is 0 Å². The van der Waals surface area contributed by atoms with Gasteiger partial charge in [0.25, 0.3) is 5.91 Å². The standard InChI is InChI=1S/C15H12ClN3O2/c16-14-6-5-13(21-14)15(20)17-9-10-1-3-11(4-2-10)12-7-8-18-19-12/h1-8H,9H2,(H,17,20)(H,18,19). The quantitative estimate of drug-likeness (QED) is 0.777. The number of aromatic nitrogens is 2. The van der Waals surface area contributed by atoms with Crippen LogP contribution in [-0.4, -0.2) is 16.1 Å². The number of H-pyrrole nitrogens is 1. The summed E-state index contributed by atoms with van der Waals surface area (Å²) in [6.45, 7) is 0.417. The Labute approximate surface area is 125 Å². The van der Waals surface area contributed by atoms with Crippen LogP contribution in [0.3, 0.4) is 0 Å². The molecule has 0 unspecified atom stereocenters. The van der Waals surface area contributed by atoms with Gasteiger partial charge in [0.05, 0.1) is 5.69 Å². The molecule has 6 heteroatoms. The van der Waals surface area contributed by atoms with Gasteiger partial charge in [-0.2, -0.15) is 5.10 Å². The molecule has 0 radical (unpaired) electrons. The van der Waals surface area contributed by atoms with Crippen LogP contribution in [-0.2, 0) is 6.54 Å². The van der Waals surface area contributed by atoms with Crippen LogP contribution < -0.4 is 5.32 Å². The van der Waals surface area contributed by atoms with E-state index in [0.717, 1.165) is 16.8 Å². The van der Waals surface area contributed by atoms with Crippen molar-refractivity contribution in [1.29, 1.82) is 0 Å². The third-order valence-electron chi connectivity index (χ3n) is 3.02. The van der Waals surface area contributed by atoms with E-state index in [4.69, 9.17) is 16.0 Å². The minimum atomic E-state index is -0.292. The second-order valence-corrected chi connectivity index (χ2v) is 4.83. The van der Waals surface area contributed by atoms with E-state index in [2.05, 4.69) is 15.5 Å². The number of hydrogen-bond acceptors (Lipinski definition) is 3. The number of furan rings is 1. The van der Waals surface area contributed by atoms with Crippen LogP contribution in [0.15, 0.2) is 53.1 Å². The van der Waals surface area contributed by atoms with Crippen LogP contribution in [0, 0.1) is 0 Å². The lowest BCUT2D eigenvalue weighted by Crippen LogP contribution is -2.22. The van der Waals surface area contributed by atoms with Crippen LogP contribution in [0.1, 0.15) is 16.1 Å². The van der Waals surface area contributed by atoms with E-state index in [1.165, 1.54) is 6.07 Å². The molecule has 0 saturated heterocycles. The summed E-state index contributed by atoms with van der Waals surface area (Å²) in [4.78, 5) is 11.8. The zero-order chi connectivity index (χ0) is 14.7. The normalized spacial score (nSPS) is 10.5. The van der Waals surface area contributed by atoms with Gasteiger partial charge in [-0.1, -0.05) is 24.3 Å². The SMILES string of the molecule is O=C(NCc1ccc(-c2ccn[nH]2)cc1)c1ccc(Cl)o1. The first kappa shape index (κ1) is 13.5. The summed E-state index contributed by atoms with van der Waals surface area (Å²) >= 11 is 5.63. The second-order valence-electron chi connectivity index (χ2n) is 4.45. The van der Waals surface area contributed by atoms with Gasteiger partial charge in [0.15, 0.2) is 11.0 Å². The molecule has 3 rings (SSSR count). The van der Waals surface area contributed by atoms with Crippen molar-refractivity contribution in [3.63, 3.8) is 0 Å². The lowest BCUT2D eigenvalue weighted by molar-refractivity contribution is 0.0923. The molecule has 3 aromatic rings. The van der Waals surface area contributed by atoms with Crippen LogP contribution in [0.25, 0.3) is 11.3 Å². The Balaban J connectivity index is 1.62. The number of hydrogen-bond donors (Lipinski definition) is 2. The summed E-state index contributed by atoms with van der Waals surface area (Å²) in [7, 11) is 0. The highest BCUT2D eigenvalue weighted by Gasteiger charge is 2.09. The summed E-state index contributed by atoms with van der Waals surface area (Å²) in [6.07, 6.45) is 1.71. The van der Waals surface area contributed by atoms with E-state index in [0.29, 0.717) is 6.54 Å². The average Bonchev–Trinajstić information content (AvgIpc) is 3.16. The van der Waals surface area contributed by atoms with Crippen molar-refractivity contribution in [3.8, 4) is 11.3 Å². The molecular formula is C15H12ClN3O2. The Morgan fingerprint density at radius 1 is 1.19 bits per heavy atom. The minimum absolute atomic E-state index is 0.198. The average molecular weight is 302 g/mol. The summed E-state index contributed by atoms with van der Waals surface area (Å²) in [5.74, 6) is -0.0892. The number of carbonyl (C=O) groups excluding carboxylic acids is 1. The highest BCUT2D eigenvalue weighted by atomic mass is 35.5. The van der Waals surface area contributed by atoms with Crippen LogP contribution in [0.4, 0.5) is 0 Å². The lowest BCUT2D eigenvalue weighted by Gasteiger charge is -2.04. The van der Waals surface area contributed by atoms with Crippen molar-refractivity contribution < 1.29 is 9.21 Å². The number of benzene rings is 1. The van der Waals surface area contributed by atoms with Crippen molar-refractivity contribution in [2.24, 2.45) is 0 Å². The van der Waals surface area contributed by atoms with Gasteiger partial charge < -0.3 is 9.73 Å². The molecule has 1 amide bonds. The lowest BCUT2D eigenvalue weighted by atomic mass is 10.1. The predicted molar refractivity (Wildman–Crippen MR) is 78.9 cm³/mol. The summed E-state index contributed by atoms with van der Waals surface area (Å²) in [6, 6.07) is 12.8. The molecule has 106 valence electrons. The Morgan fingerprint density at radius 3 is 2.62 bits per heavy atom. The molecule has 0 aliphatic heterocycles. The van der Waals surface area contributed by atoms with Crippen molar-refractivity contribution in [2.75, 3.05) is 0 Å². The largest absolute Gasteiger partial charge is 0.440 e. The molecule has 0 aliphatic rings. The van der Waals surface area contributed by atoms with Crippen LogP contribution >= 0.6 is 11.6 Å². The molecule has 0 bridgehead atoms. The molecule has 1 aromatic carbocycles. The molecule has 0 atom stereocenters. The Hall–Kier alpha value is -2.53. The van der Waals surface area contributed by atoms with Gasteiger partial charge in [0.1, 0.15) is 0 Å². The van der Waals surface area contributed by atoms with Crippen molar-refractivity contribution in [2.45, 2.75) is 6.54 Å². The predicted octanol–water partition coefficient (Wildman–Crippen LogP) is 3.25. The maximum Gasteiger partial charge on any atom is 0.287 e. The molecule has 5 nitrogen and oxygen atoms in total. The van der Waals surface area contributed by atoms with Gasteiger partial charge in [-0.05, 0) is 40.9 Å². The van der Waals surface area contributed by atoms with Crippen molar-refractivity contribution in [3.05, 3.63) is 65.2 Å². The summed E-state index contributed by atoms with van der Waals surface area (Å²) in [5.41, 5.74) is 2.99. The van der Waals surface area contributed by atoms with Gasteiger partial charge in [0, 0.05) is 12.7 Å². The Kier molecular flexibility index (Phi) is 3.75. The molecule has 0 saturated carbocycles. The molecule has 2 N–H and O–H groups in total. The van der Waals surface area contributed by atoms with E-state index < -0.39 is 0 Å². The van der Waals surface area contributed by atoms with E-state index in [-0.39, 0.29) is 16.9 Å². The van der Waals surface area contributed by atoms with Crippen LogP contribution in [0.5, 0.6) is 0 Å². The minimum Gasteiger partial charge on any atom is -0.440 e. The van der Waals surface area contributed by atoms with Crippen LogP contribution in [0.2, 0.25) is 5.22 Å². The summed E-state index contributed by atoms with van der Waals surface area (Å²) in [5, 5.41) is 9.78. The fourth-order valence-corrected chi connectivity index (χ4v) is 2.07. The molecule has 21 heavy (non-hydrogen) atoms. The molecule has 0 fully saturated rings. The zero-order valence-electron chi connectivity index (χ0n) is 11.0. The first-order valence-electron chi connectivity index (χ1n) is 6.34. The number of aromatic amines is 1. The van der Waals surface area contributed by atoms with E-state index >= 15 is 0 Å². The van der Waals surface area contributed by atoms with Gasteiger partial charge in [0.2, 0.25) is 0 Å². The Bertz CT molecular complexity index is 733. The maximum absolute atomic E-state index is 11.8. The number of amides is 1. The number of nitrogens with zero attached hydrogens (tertiary/aromatic N) is 1. The van der Waals surface area contributed by atoms with E-state index in [1.807, 2.05) is 30.3 Å². The maximum atomic E-state index is 11.8. The molecule has 2 aromatic heterocycles. The highest BCUT2D eigenvalue weighted by molar-refractivity contribution is 6.29. The third kappa shape index (κ3) is 3.14. The number of halogens is 1. The number of nitrogens with one attached hydrogen (secondary N) is 2. The zero-order valence-corrected chi connectivity index (χ0v) is 11.7. The van der Waals surface area contributed by atoms with Gasteiger partial charge >= 0.3 is 0 Å². The summed E-state index contributed by atoms with van der Waals surface area (Å²) < 4.78 is 5.04. The first-order valence-corrected chi connectivity index (χ1v) is 6.72.